The molecule has 5 nitrogen and oxygen atoms in total. The molecule has 0 spiro atoms. The van der Waals surface area contributed by atoms with Crippen LogP contribution in [0.25, 0.3) is 0 Å². The summed E-state index contributed by atoms with van der Waals surface area (Å²) < 4.78 is 15.5. The van der Waals surface area contributed by atoms with Gasteiger partial charge in [-0.25, -0.2) is 4.21 Å². The van der Waals surface area contributed by atoms with Gasteiger partial charge < -0.3 is 5.32 Å². The van der Waals surface area contributed by atoms with Gasteiger partial charge in [0.25, 0.3) is 0 Å². The molecule has 0 saturated heterocycles. The van der Waals surface area contributed by atoms with Crippen LogP contribution in [0.3, 0.4) is 0 Å². The van der Waals surface area contributed by atoms with Gasteiger partial charge in [0.2, 0.25) is 0 Å². The minimum atomic E-state index is -1.15. The molecular formula is C9H17N3O2S2. The summed E-state index contributed by atoms with van der Waals surface area (Å²) >= 11 is 0.465. The quantitative estimate of drug-likeness (QED) is 0.539. The fraction of sp³-hybridized carbons (Fsp3) is 0.667. The summed E-state index contributed by atoms with van der Waals surface area (Å²) in [6, 6.07) is 2.02. The third-order valence-corrected chi connectivity index (χ3v) is 3.01. The summed E-state index contributed by atoms with van der Waals surface area (Å²) in [5.41, 5.74) is 1.07. The second-order valence-electron chi connectivity index (χ2n) is 3.19. The van der Waals surface area contributed by atoms with Gasteiger partial charge >= 0.3 is 0 Å². The zero-order valence-corrected chi connectivity index (χ0v) is 11.1. The lowest BCUT2D eigenvalue weighted by Crippen LogP contribution is -2.16. The van der Waals surface area contributed by atoms with E-state index in [2.05, 4.69) is 15.5 Å². The van der Waals surface area contributed by atoms with Crippen LogP contribution in [0, 0.1) is 0 Å². The largest absolute Gasteiger partial charge is 0.311 e. The maximum Gasteiger partial charge on any atom is 0.152 e. The van der Waals surface area contributed by atoms with Crippen LogP contribution >= 0.6 is 11.8 Å². The van der Waals surface area contributed by atoms with Crippen LogP contribution in [-0.2, 0) is 21.8 Å². The van der Waals surface area contributed by atoms with Gasteiger partial charge in [0.1, 0.15) is 5.03 Å². The summed E-state index contributed by atoms with van der Waals surface area (Å²) in [6.45, 7) is 2.13. The Kier molecular flexibility index (Phi) is 6.70. The number of nitrogens with zero attached hydrogens (tertiary/aromatic N) is 1. The van der Waals surface area contributed by atoms with Crippen LogP contribution in [0.1, 0.15) is 12.1 Å². The number of aromatic amines is 1. The standard InChI is InChI=1S/C9H17N3O2S2/c1-15-9-6-8(11-12-9)7-10-4-3-5-14-16(2)13/h6,10H,3-5,7H2,1-2H3,(H,11,12). The van der Waals surface area contributed by atoms with Crippen molar-refractivity contribution in [2.24, 2.45) is 0 Å². The Morgan fingerprint density at radius 1 is 1.69 bits per heavy atom. The number of rotatable bonds is 8. The van der Waals surface area contributed by atoms with Crippen molar-refractivity contribution >= 4 is 22.8 Å². The summed E-state index contributed by atoms with van der Waals surface area (Å²) in [6.07, 6.45) is 4.38. The molecule has 0 aliphatic carbocycles. The van der Waals surface area contributed by atoms with Crippen LogP contribution in [0.5, 0.6) is 0 Å². The van der Waals surface area contributed by atoms with Crippen molar-refractivity contribution in [3.63, 3.8) is 0 Å². The lowest BCUT2D eigenvalue weighted by molar-refractivity contribution is 0.338. The predicted octanol–water partition coefficient (Wildman–Crippen LogP) is 0.921. The van der Waals surface area contributed by atoms with E-state index in [-0.39, 0.29) is 0 Å². The van der Waals surface area contributed by atoms with Gasteiger partial charge in [-0.2, -0.15) is 5.10 Å². The molecule has 92 valence electrons. The van der Waals surface area contributed by atoms with Crippen molar-refractivity contribution in [1.29, 1.82) is 0 Å². The molecule has 0 bridgehead atoms. The van der Waals surface area contributed by atoms with Crippen LogP contribution in [0.4, 0.5) is 0 Å². The topological polar surface area (TPSA) is 67.0 Å². The normalized spacial score (nSPS) is 12.9. The number of thioether (sulfide) groups is 1. The Labute approximate surface area is 102 Å². The Bertz CT molecular complexity index is 330. The van der Waals surface area contributed by atoms with E-state index < -0.39 is 11.1 Å². The summed E-state index contributed by atoms with van der Waals surface area (Å²) in [4.78, 5) is 0. The molecule has 0 radical (unpaired) electrons. The van der Waals surface area contributed by atoms with E-state index in [9.17, 15) is 4.21 Å². The zero-order chi connectivity index (χ0) is 11.8. The Morgan fingerprint density at radius 3 is 3.12 bits per heavy atom. The fourth-order valence-corrected chi connectivity index (χ4v) is 1.88. The molecule has 2 N–H and O–H groups in total. The first kappa shape index (κ1) is 13.7. The molecule has 16 heavy (non-hydrogen) atoms. The molecule has 0 aromatic carbocycles. The Hall–Kier alpha value is -0.370. The molecule has 1 unspecified atom stereocenters. The lowest BCUT2D eigenvalue weighted by Gasteiger charge is -2.02. The number of hydrogen-bond acceptors (Lipinski definition) is 5. The van der Waals surface area contributed by atoms with Gasteiger partial charge in [-0.15, -0.1) is 11.8 Å². The van der Waals surface area contributed by atoms with E-state index >= 15 is 0 Å². The molecule has 0 aliphatic heterocycles. The average Bonchev–Trinajstić information content (AvgIpc) is 2.70. The Morgan fingerprint density at radius 2 is 2.50 bits per heavy atom. The molecule has 1 aromatic heterocycles. The second kappa shape index (κ2) is 7.83. The van der Waals surface area contributed by atoms with Crippen molar-refractivity contribution in [2.75, 3.05) is 25.7 Å². The van der Waals surface area contributed by atoms with E-state index in [1.165, 1.54) is 6.26 Å². The molecule has 1 rings (SSSR count). The van der Waals surface area contributed by atoms with E-state index in [0.717, 1.165) is 30.2 Å². The van der Waals surface area contributed by atoms with Gasteiger partial charge in [0, 0.05) is 12.8 Å². The minimum Gasteiger partial charge on any atom is -0.311 e. The van der Waals surface area contributed by atoms with Gasteiger partial charge in [-0.05, 0) is 25.3 Å². The highest BCUT2D eigenvalue weighted by Crippen LogP contribution is 2.11. The van der Waals surface area contributed by atoms with Crippen LogP contribution in [0.15, 0.2) is 11.1 Å². The second-order valence-corrected chi connectivity index (χ2v) is 5.05. The van der Waals surface area contributed by atoms with Crippen molar-refractivity contribution in [2.45, 2.75) is 18.0 Å². The highest BCUT2D eigenvalue weighted by atomic mass is 32.2. The molecule has 0 fully saturated rings. The van der Waals surface area contributed by atoms with E-state index in [1.54, 1.807) is 11.8 Å². The molecule has 0 saturated carbocycles. The average molecular weight is 263 g/mol. The minimum absolute atomic E-state index is 0.523. The highest BCUT2D eigenvalue weighted by Gasteiger charge is 1.98. The zero-order valence-electron chi connectivity index (χ0n) is 9.49. The molecule has 1 aromatic rings. The van der Waals surface area contributed by atoms with E-state index in [0.29, 0.717) is 6.61 Å². The third kappa shape index (κ3) is 5.64. The van der Waals surface area contributed by atoms with Crippen molar-refractivity contribution in [3.05, 3.63) is 11.8 Å². The van der Waals surface area contributed by atoms with Crippen molar-refractivity contribution < 1.29 is 8.39 Å². The van der Waals surface area contributed by atoms with Gasteiger partial charge in [0.05, 0.1) is 12.3 Å². The molecule has 7 heteroatoms. The third-order valence-electron chi connectivity index (χ3n) is 1.88. The van der Waals surface area contributed by atoms with E-state index in [1.807, 2.05) is 12.3 Å². The first-order valence-electron chi connectivity index (χ1n) is 4.98. The number of nitrogens with one attached hydrogen (secondary N) is 2. The fourth-order valence-electron chi connectivity index (χ4n) is 1.13. The van der Waals surface area contributed by atoms with Crippen LogP contribution in [-0.4, -0.2) is 40.1 Å². The predicted molar refractivity (Wildman–Crippen MR) is 66.7 cm³/mol. The Balaban J connectivity index is 2.04. The highest BCUT2D eigenvalue weighted by molar-refractivity contribution is 7.98. The number of aromatic nitrogens is 2. The first-order valence-corrected chi connectivity index (χ1v) is 7.69. The number of H-pyrrole nitrogens is 1. The van der Waals surface area contributed by atoms with Crippen molar-refractivity contribution in [3.8, 4) is 0 Å². The number of hydrogen-bond donors (Lipinski definition) is 2. The van der Waals surface area contributed by atoms with Crippen LogP contribution < -0.4 is 5.32 Å². The first-order chi connectivity index (χ1) is 7.72. The molecular weight excluding hydrogens is 246 g/mol. The van der Waals surface area contributed by atoms with Gasteiger partial charge in [-0.1, -0.05) is 0 Å². The molecule has 0 aliphatic rings. The molecule has 0 amide bonds. The van der Waals surface area contributed by atoms with E-state index in [4.69, 9.17) is 4.18 Å². The lowest BCUT2D eigenvalue weighted by atomic mass is 10.4. The summed E-state index contributed by atoms with van der Waals surface area (Å²) in [5, 5.41) is 11.3. The molecule has 1 heterocycles. The van der Waals surface area contributed by atoms with Crippen LogP contribution in [0.2, 0.25) is 0 Å². The van der Waals surface area contributed by atoms with Gasteiger partial charge in [-0.3, -0.25) is 9.28 Å². The smallest absolute Gasteiger partial charge is 0.152 e. The molecule has 1 atom stereocenters. The maximum atomic E-state index is 10.6. The monoisotopic (exact) mass is 263 g/mol. The van der Waals surface area contributed by atoms with Gasteiger partial charge in [0.15, 0.2) is 11.1 Å². The SMILES string of the molecule is CSc1cc(CNCCCOS(C)=O)[nH]n1. The van der Waals surface area contributed by atoms with Crippen molar-refractivity contribution in [1.82, 2.24) is 15.5 Å². The maximum absolute atomic E-state index is 10.6. The summed E-state index contributed by atoms with van der Waals surface area (Å²) in [5.74, 6) is 0. The summed E-state index contributed by atoms with van der Waals surface area (Å²) in [7, 11) is 0.